The van der Waals surface area contributed by atoms with Gasteiger partial charge in [0.05, 0.1) is 5.02 Å². The van der Waals surface area contributed by atoms with Crippen LogP contribution in [0.1, 0.15) is 27.1 Å². The number of amides is 1. The highest BCUT2D eigenvalue weighted by molar-refractivity contribution is 7.21. The molecular formula is C20H14ClF2N3OS. The lowest BCUT2D eigenvalue weighted by Crippen LogP contribution is -2.31. The minimum atomic E-state index is -0.813. The van der Waals surface area contributed by atoms with Crippen LogP contribution in [0.25, 0.3) is 10.1 Å². The summed E-state index contributed by atoms with van der Waals surface area (Å²) in [5.74, 6) is -0.875. The van der Waals surface area contributed by atoms with Gasteiger partial charge in [-0.15, -0.1) is 11.3 Å². The third kappa shape index (κ3) is 3.27. The Morgan fingerprint density at radius 2 is 2.04 bits per heavy atom. The van der Waals surface area contributed by atoms with Gasteiger partial charge >= 0.3 is 0 Å². The molecule has 0 saturated heterocycles. The Morgan fingerprint density at radius 3 is 2.75 bits per heavy atom. The predicted octanol–water partition coefficient (Wildman–Crippen LogP) is 5.09. The summed E-state index contributed by atoms with van der Waals surface area (Å²) in [6.07, 6.45) is 3.29. The molecule has 0 radical (unpaired) electrons. The second-order valence-corrected chi connectivity index (χ2v) is 7.64. The van der Waals surface area contributed by atoms with E-state index >= 15 is 0 Å². The number of carbonyl (C=O) groups excluding carboxylic acids is 1. The Morgan fingerprint density at radius 1 is 1.25 bits per heavy atom. The van der Waals surface area contributed by atoms with Crippen LogP contribution in [0.2, 0.25) is 5.02 Å². The zero-order chi connectivity index (χ0) is 19.8. The minimum absolute atomic E-state index is 0.234. The molecule has 4 rings (SSSR count). The summed E-state index contributed by atoms with van der Waals surface area (Å²) in [6, 6.07) is 9.53. The molecule has 8 heteroatoms. The maximum atomic E-state index is 14.5. The third-order valence-corrected chi connectivity index (χ3v) is 6.06. The summed E-state index contributed by atoms with van der Waals surface area (Å²) in [5, 5.41) is 3.66. The van der Waals surface area contributed by atoms with E-state index in [1.54, 1.807) is 42.2 Å². The van der Waals surface area contributed by atoms with Crippen molar-refractivity contribution in [2.45, 2.75) is 6.04 Å². The van der Waals surface area contributed by atoms with Crippen LogP contribution in [0.15, 0.2) is 54.9 Å². The fourth-order valence-electron chi connectivity index (χ4n) is 3.03. The van der Waals surface area contributed by atoms with Gasteiger partial charge in [0, 0.05) is 35.1 Å². The molecule has 4 aromatic rings. The van der Waals surface area contributed by atoms with Crippen LogP contribution in [0.5, 0.6) is 0 Å². The Kier molecular flexibility index (Phi) is 4.87. The molecule has 4 nitrogen and oxygen atoms in total. The van der Waals surface area contributed by atoms with Crippen LogP contribution >= 0.6 is 22.9 Å². The number of fused-ring (bicyclic) bond motifs is 1. The lowest BCUT2D eigenvalue weighted by molar-refractivity contribution is 0.0945. The SMILES string of the molecule is Cn1ccnc1C(NC(=O)c1sc2cc(F)ccc2c1Cl)c1ccccc1F. The first-order chi connectivity index (χ1) is 13.5. The van der Waals surface area contributed by atoms with Crippen LogP contribution in [-0.4, -0.2) is 15.5 Å². The number of hydrogen-bond donors (Lipinski definition) is 1. The summed E-state index contributed by atoms with van der Waals surface area (Å²) < 4.78 is 30.2. The predicted molar refractivity (Wildman–Crippen MR) is 106 cm³/mol. The van der Waals surface area contributed by atoms with Gasteiger partial charge in [0.2, 0.25) is 0 Å². The van der Waals surface area contributed by atoms with Gasteiger partial charge in [-0.25, -0.2) is 13.8 Å². The van der Waals surface area contributed by atoms with Gasteiger partial charge in [-0.2, -0.15) is 0 Å². The van der Waals surface area contributed by atoms with E-state index < -0.39 is 23.6 Å². The molecule has 1 N–H and O–H groups in total. The van der Waals surface area contributed by atoms with E-state index in [0.717, 1.165) is 11.3 Å². The number of thiophene rings is 1. The highest BCUT2D eigenvalue weighted by Crippen LogP contribution is 2.36. The number of benzene rings is 2. The van der Waals surface area contributed by atoms with E-state index in [1.165, 1.54) is 24.3 Å². The van der Waals surface area contributed by atoms with Gasteiger partial charge in [0.25, 0.3) is 5.91 Å². The number of halogens is 3. The number of nitrogens with one attached hydrogen (secondary N) is 1. The zero-order valence-corrected chi connectivity index (χ0v) is 16.2. The summed E-state index contributed by atoms with van der Waals surface area (Å²) in [6.45, 7) is 0. The summed E-state index contributed by atoms with van der Waals surface area (Å²) in [5.41, 5.74) is 0.286. The lowest BCUT2D eigenvalue weighted by Gasteiger charge is -2.19. The molecule has 0 saturated carbocycles. The van der Waals surface area contributed by atoms with E-state index in [9.17, 15) is 13.6 Å². The highest BCUT2D eigenvalue weighted by Gasteiger charge is 2.26. The minimum Gasteiger partial charge on any atom is -0.337 e. The molecule has 0 bridgehead atoms. The van der Waals surface area contributed by atoms with Crippen LogP contribution in [0, 0.1) is 11.6 Å². The molecule has 0 aliphatic heterocycles. The monoisotopic (exact) mass is 417 g/mol. The summed E-state index contributed by atoms with van der Waals surface area (Å²) >= 11 is 7.44. The number of imidazole rings is 1. The summed E-state index contributed by atoms with van der Waals surface area (Å²) in [7, 11) is 1.76. The van der Waals surface area contributed by atoms with Crippen molar-refractivity contribution < 1.29 is 13.6 Å². The Labute approximate surface area is 168 Å². The summed E-state index contributed by atoms with van der Waals surface area (Å²) in [4.78, 5) is 17.5. The van der Waals surface area contributed by atoms with Crippen molar-refractivity contribution in [2.24, 2.45) is 7.05 Å². The van der Waals surface area contributed by atoms with E-state index in [0.29, 0.717) is 15.9 Å². The van der Waals surface area contributed by atoms with Gasteiger partial charge < -0.3 is 9.88 Å². The molecule has 2 aromatic carbocycles. The molecule has 1 unspecified atom stereocenters. The second-order valence-electron chi connectivity index (χ2n) is 6.21. The molecule has 2 heterocycles. The van der Waals surface area contributed by atoms with Gasteiger partial charge in [0.1, 0.15) is 28.4 Å². The second kappa shape index (κ2) is 7.33. The van der Waals surface area contributed by atoms with Crippen LogP contribution in [-0.2, 0) is 7.05 Å². The van der Waals surface area contributed by atoms with Crippen LogP contribution in [0.4, 0.5) is 8.78 Å². The van der Waals surface area contributed by atoms with Gasteiger partial charge in [-0.1, -0.05) is 29.8 Å². The molecule has 0 spiro atoms. The van der Waals surface area contributed by atoms with Gasteiger partial charge in [-0.3, -0.25) is 4.79 Å². The van der Waals surface area contributed by atoms with E-state index in [1.807, 2.05) is 0 Å². The van der Waals surface area contributed by atoms with Crippen molar-refractivity contribution in [1.82, 2.24) is 14.9 Å². The topological polar surface area (TPSA) is 46.9 Å². The molecule has 0 aliphatic rings. The van der Waals surface area contributed by atoms with Gasteiger partial charge in [0.15, 0.2) is 0 Å². The Balaban J connectivity index is 1.75. The van der Waals surface area contributed by atoms with Crippen LogP contribution < -0.4 is 5.32 Å². The van der Waals surface area contributed by atoms with Crippen molar-refractivity contribution >= 4 is 38.9 Å². The number of aromatic nitrogens is 2. The van der Waals surface area contributed by atoms with E-state index in [2.05, 4.69) is 10.3 Å². The lowest BCUT2D eigenvalue weighted by atomic mass is 10.1. The third-order valence-electron chi connectivity index (χ3n) is 4.41. The van der Waals surface area contributed by atoms with E-state index in [4.69, 9.17) is 11.6 Å². The van der Waals surface area contributed by atoms with Crippen molar-refractivity contribution in [3.8, 4) is 0 Å². The number of aryl methyl sites for hydroxylation is 1. The first kappa shape index (κ1) is 18.6. The van der Waals surface area contributed by atoms with E-state index in [-0.39, 0.29) is 15.5 Å². The highest BCUT2D eigenvalue weighted by atomic mass is 35.5. The largest absolute Gasteiger partial charge is 0.337 e. The molecule has 1 amide bonds. The zero-order valence-electron chi connectivity index (χ0n) is 14.6. The van der Waals surface area contributed by atoms with Crippen molar-refractivity contribution in [3.63, 3.8) is 0 Å². The van der Waals surface area contributed by atoms with Crippen molar-refractivity contribution in [3.05, 3.63) is 87.8 Å². The molecule has 28 heavy (non-hydrogen) atoms. The molecule has 0 fully saturated rings. The molecule has 1 atom stereocenters. The maximum Gasteiger partial charge on any atom is 0.263 e. The fraction of sp³-hybridized carbons (Fsp3) is 0.100. The smallest absolute Gasteiger partial charge is 0.263 e. The number of hydrogen-bond acceptors (Lipinski definition) is 3. The quantitative estimate of drug-likeness (QED) is 0.503. The standard InChI is InChI=1S/C20H14ClF2N3OS/c1-26-9-8-24-19(26)17(12-4-2-3-5-14(12)23)25-20(27)18-16(21)13-7-6-11(22)10-15(13)28-18/h2-10,17H,1H3,(H,25,27). The normalized spacial score (nSPS) is 12.3. The van der Waals surface area contributed by atoms with Crippen LogP contribution in [0.3, 0.4) is 0 Å². The molecule has 0 aliphatic carbocycles. The molecule has 142 valence electrons. The maximum absolute atomic E-state index is 14.5. The first-order valence-corrected chi connectivity index (χ1v) is 9.55. The average Bonchev–Trinajstić information content (AvgIpc) is 3.23. The van der Waals surface area contributed by atoms with Gasteiger partial charge in [-0.05, 0) is 24.3 Å². The first-order valence-electron chi connectivity index (χ1n) is 8.35. The number of nitrogens with zero attached hydrogens (tertiary/aromatic N) is 2. The fourth-order valence-corrected chi connectivity index (χ4v) is 4.47. The average molecular weight is 418 g/mol. The Bertz CT molecular complexity index is 1190. The molecular weight excluding hydrogens is 404 g/mol. The molecule has 2 aromatic heterocycles. The van der Waals surface area contributed by atoms with Crippen molar-refractivity contribution in [1.29, 1.82) is 0 Å². The van der Waals surface area contributed by atoms with Crippen molar-refractivity contribution in [2.75, 3.05) is 0 Å². The Hall–Kier alpha value is -2.77. The number of carbonyl (C=O) groups is 1. The number of rotatable bonds is 4.